The van der Waals surface area contributed by atoms with E-state index in [0.717, 1.165) is 37.0 Å². The minimum atomic E-state index is -0.811. The zero-order chi connectivity index (χ0) is 22.7. The number of aromatic nitrogens is 1. The van der Waals surface area contributed by atoms with Crippen molar-refractivity contribution >= 4 is 44.1 Å². The number of carbonyl (C=O) groups is 1. The van der Waals surface area contributed by atoms with Crippen molar-refractivity contribution < 1.29 is 19.0 Å². The molecule has 1 aromatic carbocycles. The Morgan fingerprint density at radius 1 is 1.38 bits per heavy atom. The van der Waals surface area contributed by atoms with Crippen molar-refractivity contribution in [1.29, 1.82) is 0 Å². The summed E-state index contributed by atoms with van der Waals surface area (Å²) in [7, 11) is 1.47. The summed E-state index contributed by atoms with van der Waals surface area (Å²) in [4.78, 5) is 27.5. The Morgan fingerprint density at radius 2 is 2.12 bits per heavy atom. The van der Waals surface area contributed by atoms with Crippen LogP contribution < -0.4 is 26.5 Å². The molecule has 32 heavy (non-hydrogen) atoms. The number of amides is 1. The summed E-state index contributed by atoms with van der Waals surface area (Å²) >= 11 is 0.984. The number of benzene rings is 1. The first-order valence-corrected chi connectivity index (χ1v) is 11.5. The molecule has 1 aliphatic carbocycles. The van der Waals surface area contributed by atoms with E-state index in [9.17, 15) is 14.7 Å². The second kappa shape index (κ2) is 7.63. The standard InChI is InChI=1S/C22H25FN4O4S/c1-31-19-15-12(7-13(23)16(19)26-6-2-3-10(8-24)9-26)17(28)14-18(29)20(21(25)30)32-22(14)27(15)11-4-5-11/h7,10-11,29H,2-6,8-9,24H2,1H3,(H2,25,30). The van der Waals surface area contributed by atoms with Gasteiger partial charge in [0.15, 0.2) is 17.3 Å². The van der Waals surface area contributed by atoms with E-state index >= 15 is 4.39 Å². The van der Waals surface area contributed by atoms with Gasteiger partial charge in [-0.1, -0.05) is 0 Å². The van der Waals surface area contributed by atoms with Gasteiger partial charge in [-0.25, -0.2) is 4.39 Å². The monoisotopic (exact) mass is 460 g/mol. The van der Waals surface area contributed by atoms with Gasteiger partial charge in [0, 0.05) is 19.1 Å². The summed E-state index contributed by atoms with van der Waals surface area (Å²) < 4.78 is 23.2. The maximum Gasteiger partial charge on any atom is 0.262 e. The number of thiophene rings is 1. The van der Waals surface area contributed by atoms with Gasteiger partial charge < -0.3 is 30.8 Å². The number of fused-ring (bicyclic) bond motifs is 2. The third-order valence-corrected chi connectivity index (χ3v) is 7.68. The summed E-state index contributed by atoms with van der Waals surface area (Å²) in [5.41, 5.74) is 11.6. The molecule has 3 heterocycles. The minimum absolute atomic E-state index is 0.00132. The van der Waals surface area contributed by atoms with Crippen molar-refractivity contribution in [2.24, 2.45) is 17.4 Å². The van der Waals surface area contributed by atoms with Gasteiger partial charge in [-0.15, -0.1) is 11.3 Å². The lowest BCUT2D eigenvalue weighted by molar-refractivity contribution is 0.100. The van der Waals surface area contributed by atoms with Crippen LogP contribution in [0.5, 0.6) is 11.5 Å². The second-order valence-electron chi connectivity index (χ2n) is 8.58. The molecule has 1 unspecified atom stereocenters. The Kier molecular flexibility index (Phi) is 5.01. The van der Waals surface area contributed by atoms with E-state index in [1.165, 1.54) is 13.2 Å². The maximum atomic E-state index is 15.5. The Hall–Kier alpha value is -2.85. The summed E-state index contributed by atoms with van der Waals surface area (Å²) in [5.74, 6) is -1.27. The summed E-state index contributed by atoms with van der Waals surface area (Å²) in [6, 6.07) is 1.28. The highest BCUT2D eigenvalue weighted by atomic mass is 32.1. The molecule has 8 nitrogen and oxygen atoms in total. The van der Waals surface area contributed by atoms with Crippen molar-refractivity contribution in [3.05, 3.63) is 27.0 Å². The summed E-state index contributed by atoms with van der Waals surface area (Å²) in [6.45, 7) is 1.79. The molecule has 10 heteroatoms. The molecular weight excluding hydrogens is 435 g/mol. The average Bonchev–Trinajstić information content (AvgIpc) is 3.55. The first-order valence-electron chi connectivity index (χ1n) is 10.7. The van der Waals surface area contributed by atoms with Crippen molar-refractivity contribution in [1.82, 2.24) is 4.57 Å². The van der Waals surface area contributed by atoms with Crippen LogP contribution in [0.4, 0.5) is 10.1 Å². The largest absolute Gasteiger partial charge is 0.505 e. The van der Waals surface area contributed by atoms with Crippen LogP contribution in [0.25, 0.3) is 21.1 Å². The lowest BCUT2D eigenvalue weighted by Gasteiger charge is -2.35. The molecule has 2 fully saturated rings. The number of methoxy groups -OCH3 is 1. The van der Waals surface area contributed by atoms with Crippen molar-refractivity contribution in [3.8, 4) is 11.5 Å². The third kappa shape index (κ3) is 3.04. The Balaban J connectivity index is 1.88. The molecule has 2 aromatic heterocycles. The third-order valence-electron chi connectivity index (χ3n) is 6.49. The molecule has 0 bridgehead atoms. The van der Waals surface area contributed by atoms with Gasteiger partial charge in [-0.2, -0.15) is 0 Å². The number of carbonyl (C=O) groups excluding carboxylic acids is 1. The van der Waals surface area contributed by atoms with Crippen LogP contribution in [0.15, 0.2) is 10.9 Å². The fourth-order valence-corrected chi connectivity index (χ4v) is 5.96. The van der Waals surface area contributed by atoms with Crippen LogP contribution in [-0.2, 0) is 0 Å². The lowest BCUT2D eigenvalue weighted by Crippen LogP contribution is -2.39. The lowest BCUT2D eigenvalue weighted by atomic mass is 9.97. The van der Waals surface area contributed by atoms with Crippen LogP contribution >= 0.6 is 11.3 Å². The number of pyridine rings is 1. The fraction of sp³-hybridized carbons (Fsp3) is 0.455. The van der Waals surface area contributed by atoms with E-state index in [2.05, 4.69) is 0 Å². The topological polar surface area (TPSA) is 124 Å². The molecule has 2 aliphatic rings. The Labute approximate surface area is 187 Å². The maximum absolute atomic E-state index is 15.5. The number of ether oxygens (including phenoxy) is 1. The number of aromatic hydroxyl groups is 1. The molecule has 0 spiro atoms. The number of halogens is 1. The summed E-state index contributed by atoms with van der Waals surface area (Å²) in [6.07, 6.45) is 3.61. The van der Waals surface area contributed by atoms with Gasteiger partial charge in [-0.3, -0.25) is 9.59 Å². The van der Waals surface area contributed by atoms with Gasteiger partial charge >= 0.3 is 0 Å². The molecule has 1 atom stereocenters. The van der Waals surface area contributed by atoms with E-state index in [1.54, 1.807) is 0 Å². The highest BCUT2D eigenvalue weighted by molar-refractivity contribution is 7.21. The molecule has 1 saturated heterocycles. The SMILES string of the molecule is COc1c(N2CCCC(CN)C2)c(F)cc2c(=O)c3c(O)c(C(N)=O)sc3n(C3CC3)c12. The van der Waals surface area contributed by atoms with E-state index in [0.29, 0.717) is 35.7 Å². The minimum Gasteiger partial charge on any atom is -0.505 e. The van der Waals surface area contributed by atoms with E-state index in [-0.39, 0.29) is 33.4 Å². The molecule has 170 valence electrons. The second-order valence-corrected chi connectivity index (χ2v) is 9.58. The normalized spacial score (nSPS) is 19.1. The van der Waals surface area contributed by atoms with Gasteiger partial charge in [0.05, 0.1) is 18.0 Å². The Morgan fingerprint density at radius 3 is 2.75 bits per heavy atom. The summed E-state index contributed by atoms with van der Waals surface area (Å²) in [5, 5.41) is 10.7. The predicted molar refractivity (Wildman–Crippen MR) is 123 cm³/mol. The van der Waals surface area contributed by atoms with Crippen molar-refractivity contribution in [2.75, 3.05) is 31.6 Å². The molecular formula is C22H25FN4O4S. The average molecular weight is 461 g/mol. The van der Waals surface area contributed by atoms with Crippen LogP contribution in [0.2, 0.25) is 0 Å². The first kappa shape index (κ1) is 21.0. The molecule has 1 amide bonds. The predicted octanol–water partition coefficient (Wildman–Crippen LogP) is 2.68. The van der Waals surface area contributed by atoms with Crippen LogP contribution in [0.1, 0.15) is 41.4 Å². The zero-order valence-corrected chi connectivity index (χ0v) is 18.5. The quantitative estimate of drug-likeness (QED) is 0.538. The Bertz CT molecular complexity index is 1310. The number of hydrogen-bond acceptors (Lipinski definition) is 7. The molecule has 3 aromatic rings. The fourth-order valence-electron chi connectivity index (χ4n) is 4.84. The highest BCUT2D eigenvalue weighted by Gasteiger charge is 2.34. The van der Waals surface area contributed by atoms with Gasteiger partial charge in [0.2, 0.25) is 5.43 Å². The zero-order valence-electron chi connectivity index (χ0n) is 17.7. The first-order chi connectivity index (χ1) is 15.4. The molecule has 5 N–H and O–H groups in total. The van der Waals surface area contributed by atoms with E-state index in [4.69, 9.17) is 16.2 Å². The molecule has 1 saturated carbocycles. The van der Waals surface area contributed by atoms with Crippen molar-refractivity contribution in [3.63, 3.8) is 0 Å². The van der Waals surface area contributed by atoms with Gasteiger partial charge in [-0.05, 0) is 44.2 Å². The van der Waals surface area contributed by atoms with Crippen LogP contribution in [-0.4, -0.2) is 42.3 Å². The number of nitrogens with two attached hydrogens (primary N) is 2. The number of anilines is 1. The molecule has 1 aliphatic heterocycles. The number of rotatable bonds is 5. The van der Waals surface area contributed by atoms with E-state index in [1.807, 2.05) is 9.47 Å². The van der Waals surface area contributed by atoms with Crippen LogP contribution in [0.3, 0.4) is 0 Å². The van der Waals surface area contributed by atoms with Crippen LogP contribution in [0, 0.1) is 11.7 Å². The molecule has 0 radical (unpaired) electrons. The number of hydrogen-bond donors (Lipinski definition) is 3. The van der Waals surface area contributed by atoms with E-state index < -0.39 is 22.9 Å². The molecule has 5 rings (SSSR count). The number of nitrogens with zero attached hydrogens (tertiary/aromatic N) is 2. The van der Waals surface area contributed by atoms with Crippen molar-refractivity contribution in [2.45, 2.75) is 31.7 Å². The smallest absolute Gasteiger partial charge is 0.262 e. The number of primary amides is 1. The number of piperidine rings is 1. The highest BCUT2D eigenvalue weighted by Crippen LogP contribution is 2.48. The van der Waals surface area contributed by atoms with Gasteiger partial charge in [0.1, 0.15) is 20.8 Å². The van der Waals surface area contributed by atoms with Gasteiger partial charge in [0.25, 0.3) is 5.91 Å².